The number of anilines is 1. The van der Waals surface area contributed by atoms with E-state index in [1.165, 1.54) is 4.90 Å². The van der Waals surface area contributed by atoms with Crippen molar-refractivity contribution in [1.82, 2.24) is 4.98 Å². The summed E-state index contributed by atoms with van der Waals surface area (Å²) in [4.78, 5) is 17.4. The molecule has 0 saturated heterocycles. The first kappa shape index (κ1) is 15.0. The van der Waals surface area contributed by atoms with E-state index < -0.39 is 11.7 Å². The normalized spacial score (nSPS) is 11.0. The quantitative estimate of drug-likeness (QED) is 0.757. The Balaban J connectivity index is 2.97. The van der Waals surface area contributed by atoms with Gasteiger partial charge in [-0.2, -0.15) is 0 Å². The molecule has 1 rings (SSSR count). The van der Waals surface area contributed by atoms with Crippen LogP contribution in [-0.2, 0) is 4.74 Å². The van der Waals surface area contributed by atoms with E-state index in [1.54, 1.807) is 26.6 Å². The summed E-state index contributed by atoms with van der Waals surface area (Å²) < 4.78 is 11.3. The van der Waals surface area contributed by atoms with Crippen molar-refractivity contribution in [3.8, 4) is 5.75 Å². The van der Waals surface area contributed by atoms with E-state index in [0.29, 0.717) is 11.4 Å². The molecule has 0 fully saturated rings. The molecule has 18 heavy (non-hydrogen) atoms. The Kier molecular flexibility index (Phi) is 4.78. The van der Waals surface area contributed by atoms with Gasteiger partial charge in [0.05, 0.1) is 28.8 Å². The van der Waals surface area contributed by atoms with Gasteiger partial charge in [0, 0.05) is 7.05 Å². The van der Waals surface area contributed by atoms with Crippen LogP contribution in [0.5, 0.6) is 5.75 Å². The fourth-order valence-corrected chi connectivity index (χ4v) is 2.08. The topological polar surface area (TPSA) is 51.7 Å². The van der Waals surface area contributed by atoms with Gasteiger partial charge in [0.2, 0.25) is 0 Å². The summed E-state index contributed by atoms with van der Waals surface area (Å²) in [5, 5.41) is 0. The first-order valence-corrected chi connectivity index (χ1v) is 6.48. The average Bonchev–Trinajstić information content (AvgIpc) is 2.26. The molecule has 100 valence electrons. The second-order valence-corrected chi connectivity index (χ2v) is 5.79. The van der Waals surface area contributed by atoms with Gasteiger partial charge in [-0.05, 0) is 43.4 Å². The molecule has 0 aromatic carbocycles. The van der Waals surface area contributed by atoms with Crippen molar-refractivity contribution < 1.29 is 14.3 Å². The third kappa shape index (κ3) is 3.72. The number of hydrogen-bond acceptors (Lipinski definition) is 4. The fraction of sp³-hybridized carbons (Fsp3) is 0.500. The van der Waals surface area contributed by atoms with Gasteiger partial charge in [0.15, 0.2) is 5.75 Å². The maximum atomic E-state index is 11.9. The number of carbonyl (C=O) groups excluding carboxylic acids is 1. The largest absolute Gasteiger partial charge is 0.494 e. The zero-order chi connectivity index (χ0) is 13.9. The molecule has 0 unspecified atom stereocenters. The lowest BCUT2D eigenvalue weighted by molar-refractivity contribution is 0.0589. The smallest absolute Gasteiger partial charge is 0.414 e. The van der Waals surface area contributed by atoms with Gasteiger partial charge < -0.3 is 9.47 Å². The lowest BCUT2D eigenvalue weighted by Gasteiger charge is -2.25. The van der Waals surface area contributed by atoms with Crippen LogP contribution in [0.3, 0.4) is 0 Å². The van der Waals surface area contributed by atoms with Crippen molar-refractivity contribution in [1.29, 1.82) is 0 Å². The Morgan fingerprint density at radius 3 is 2.50 bits per heavy atom. The number of amides is 1. The van der Waals surface area contributed by atoms with E-state index in [2.05, 4.69) is 27.6 Å². The molecule has 1 heterocycles. The highest BCUT2D eigenvalue weighted by Gasteiger charge is 2.22. The first-order chi connectivity index (χ1) is 8.26. The molecule has 0 spiro atoms. The zero-order valence-electron chi connectivity index (χ0n) is 11.2. The molecule has 1 aromatic rings. The second kappa shape index (κ2) is 5.73. The van der Waals surface area contributed by atoms with Crippen molar-refractivity contribution in [2.24, 2.45) is 0 Å². The standard InChI is InChI=1S/C12H17IN2O3/c1-12(2,3)18-11(16)15(4)8-6-14-7-9(17-5)10(8)13/h6-7H,1-5H3. The van der Waals surface area contributed by atoms with E-state index in [9.17, 15) is 4.79 Å². The zero-order valence-corrected chi connectivity index (χ0v) is 13.3. The minimum absolute atomic E-state index is 0.421. The van der Waals surface area contributed by atoms with Crippen LogP contribution in [-0.4, -0.2) is 30.8 Å². The SMILES string of the molecule is COc1cncc(N(C)C(=O)OC(C)(C)C)c1I. The summed E-state index contributed by atoms with van der Waals surface area (Å²) in [7, 11) is 3.21. The lowest BCUT2D eigenvalue weighted by Crippen LogP contribution is -2.34. The Labute approximate surface area is 121 Å². The number of carbonyl (C=O) groups is 1. The van der Waals surface area contributed by atoms with Gasteiger partial charge in [-0.3, -0.25) is 9.88 Å². The van der Waals surface area contributed by atoms with Gasteiger partial charge in [0.1, 0.15) is 5.60 Å². The van der Waals surface area contributed by atoms with Crippen molar-refractivity contribution in [2.45, 2.75) is 26.4 Å². The Hall–Kier alpha value is -1.05. The van der Waals surface area contributed by atoms with Crippen molar-refractivity contribution >= 4 is 34.4 Å². The number of rotatable bonds is 2. The highest BCUT2D eigenvalue weighted by atomic mass is 127. The third-order valence-electron chi connectivity index (χ3n) is 2.08. The van der Waals surface area contributed by atoms with E-state index in [4.69, 9.17) is 9.47 Å². The van der Waals surface area contributed by atoms with Crippen LogP contribution in [0.2, 0.25) is 0 Å². The highest BCUT2D eigenvalue weighted by Crippen LogP contribution is 2.29. The van der Waals surface area contributed by atoms with Crippen LogP contribution < -0.4 is 9.64 Å². The molecule has 0 N–H and O–H groups in total. The van der Waals surface area contributed by atoms with Crippen LogP contribution in [0, 0.1) is 3.57 Å². The molecule has 0 aliphatic heterocycles. The van der Waals surface area contributed by atoms with Crippen molar-refractivity contribution in [3.05, 3.63) is 16.0 Å². The van der Waals surface area contributed by atoms with Crippen LogP contribution >= 0.6 is 22.6 Å². The summed E-state index contributed by atoms with van der Waals surface area (Å²) >= 11 is 2.11. The molecule has 5 nitrogen and oxygen atoms in total. The predicted molar refractivity (Wildman–Crippen MR) is 78.1 cm³/mol. The van der Waals surface area contributed by atoms with Gasteiger partial charge in [-0.1, -0.05) is 0 Å². The Bertz CT molecular complexity index is 443. The van der Waals surface area contributed by atoms with Crippen LogP contribution in [0.1, 0.15) is 20.8 Å². The maximum Gasteiger partial charge on any atom is 0.414 e. The van der Waals surface area contributed by atoms with Gasteiger partial charge in [-0.25, -0.2) is 4.79 Å². The van der Waals surface area contributed by atoms with Gasteiger partial charge in [-0.15, -0.1) is 0 Å². The third-order valence-corrected chi connectivity index (χ3v) is 3.16. The summed E-state index contributed by atoms with van der Waals surface area (Å²) in [6, 6.07) is 0. The Morgan fingerprint density at radius 2 is 2.00 bits per heavy atom. The number of pyridine rings is 1. The highest BCUT2D eigenvalue weighted by molar-refractivity contribution is 14.1. The lowest BCUT2D eigenvalue weighted by atomic mass is 10.2. The van der Waals surface area contributed by atoms with Crippen molar-refractivity contribution in [2.75, 3.05) is 19.1 Å². The van der Waals surface area contributed by atoms with Gasteiger partial charge in [0.25, 0.3) is 0 Å². The van der Waals surface area contributed by atoms with E-state index in [-0.39, 0.29) is 0 Å². The number of halogens is 1. The van der Waals surface area contributed by atoms with E-state index in [0.717, 1.165) is 3.57 Å². The maximum absolute atomic E-state index is 11.9. The Morgan fingerprint density at radius 1 is 1.39 bits per heavy atom. The van der Waals surface area contributed by atoms with Gasteiger partial charge >= 0.3 is 6.09 Å². The molecule has 0 bridgehead atoms. The minimum Gasteiger partial charge on any atom is -0.494 e. The van der Waals surface area contributed by atoms with Crippen LogP contribution in [0.15, 0.2) is 12.4 Å². The molecule has 6 heteroatoms. The fourth-order valence-electron chi connectivity index (χ4n) is 1.22. The number of nitrogens with zero attached hydrogens (tertiary/aromatic N) is 2. The number of hydrogen-bond donors (Lipinski definition) is 0. The molecular formula is C12H17IN2O3. The number of ether oxygens (including phenoxy) is 2. The monoisotopic (exact) mass is 364 g/mol. The average molecular weight is 364 g/mol. The van der Waals surface area contributed by atoms with Crippen LogP contribution in [0.25, 0.3) is 0 Å². The van der Waals surface area contributed by atoms with E-state index >= 15 is 0 Å². The molecule has 0 radical (unpaired) electrons. The minimum atomic E-state index is -0.525. The molecule has 1 aromatic heterocycles. The molecule has 1 amide bonds. The first-order valence-electron chi connectivity index (χ1n) is 5.40. The van der Waals surface area contributed by atoms with E-state index in [1.807, 2.05) is 20.8 Å². The summed E-state index contributed by atoms with van der Waals surface area (Å²) in [5.74, 6) is 0.628. The molecular weight excluding hydrogens is 347 g/mol. The summed E-state index contributed by atoms with van der Waals surface area (Å²) in [6.45, 7) is 5.48. The second-order valence-electron chi connectivity index (χ2n) is 4.71. The predicted octanol–water partition coefficient (Wildman–Crippen LogP) is 3.07. The summed E-state index contributed by atoms with van der Waals surface area (Å²) in [6.07, 6.45) is 2.79. The molecule has 0 aliphatic carbocycles. The summed E-state index contributed by atoms with van der Waals surface area (Å²) in [5.41, 5.74) is 0.132. The molecule has 0 aliphatic rings. The number of aromatic nitrogens is 1. The van der Waals surface area contributed by atoms with Crippen LogP contribution in [0.4, 0.5) is 10.5 Å². The van der Waals surface area contributed by atoms with Crippen molar-refractivity contribution in [3.63, 3.8) is 0 Å². The number of methoxy groups -OCH3 is 1. The molecule has 0 saturated carbocycles. The molecule has 0 atom stereocenters.